The van der Waals surface area contributed by atoms with E-state index in [-0.39, 0.29) is 6.17 Å². The van der Waals surface area contributed by atoms with E-state index in [2.05, 4.69) is 63.5 Å². The van der Waals surface area contributed by atoms with E-state index in [0.29, 0.717) is 11.8 Å². The molecule has 1 fully saturated rings. The number of nitrogens with zero attached hydrogens (tertiary/aromatic N) is 2. The Morgan fingerprint density at radius 2 is 1.59 bits per heavy atom. The number of halogens is 3. The van der Waals surface area contributed by atoms with Gasteiger partial charge in [-0.3, -0.25) is 0 Å². The fourth-order valence-corrected chi connectivity index (χ4v) is 6.11. The van der Waals surface area contributed by atoms with Crippen molar-refractivity contribution in [2.24, 2.45) is 11.8 Å². The molecule has 0 aromatic carbocycles. The van der Waals surface area contributed by atoms with Crippen LogP contribution in [0, 0.1) is 11.8 Å². The third kappa shape index (κ3) is 4.09. The fourth-order valence-electron chi connectivity index (χ4n) is 5.40. The van der Waals surface area contributed by atoms with Crippen molar-refractivity contribution in [2.45, 2.75) is 64.3 Å². The molecule has 1 saturated heterocycles. The smallest absolute Gasteiger partial charge is 0.228 e. The number of rotatable bonds is 2. The maximum absolute atomic E-state index is 6.58. The van der Waals surface area contributed by atoms with Crippen LogP contribution >= 0.6 is 34.8 Å². The first kappa shape index (κ1) is 21.1. The first-order chi connectivity index (χ1) is 12.5. The van der Waals surface area contributed by atoms with E-state index < -0.39 is 3.79 Å². The summed E-state index contributed by atoms with van der Waals surface area (Å²) in [6, 6.07) is 0. The zero-order valence-electron chi connectivity index (χ0n) is 17.2. The number of allylic oxidation sites excluding steroid dienone is 7. The first-order valence-corrected chi connectivity index (χ1v) is 11.0. The summed E-state index contributed by atoms with van der Waals surface area (Å²) in [7, 11) is 0. The van der Waals surface area contributed by atoms with Gasteiger partial charge in [0.1, 0.15) is 6.17 Å². The molecule has 0 aromatic rings. The highest BCUT2D eigenvalue weighted by atomic mass is 35.6. The Labute approximate surface area is 179 Å². The molecule has 150 valence electrons. The molecule has 1 aliphatic heterocycles. The van der Waals surface area contributed by atoms with Gasteiger partial charge in [0, 0.05) is 30.4 Å². The second-order valence-electron chi connectivity index (χ2n) is 8.63. The van der Waals surface area contributed by atoms with E-state index in [1.807, 2.05) is 0 Å². The highest BCUT2D eigenvalue weighted by Crippen LogP contribution is 2.46. The van der Waals surface area contributed by atoms with Crippen LogP contribution in [0.3, 0.4) is 0 Å². The Bertz CT molecular complexity index is 739. The zero-order chi connectivity index (χ0) is 20.1. The highest BCUT2D eigenvalue weighted by molar-refractivity contribution is 6.68. The van der Waals surface area contributed by atoms with Gasteiger partial charge in [-0.05, 0) is 63.2 Å². The van der Waals surface area contributed by atoms with Crippen LogP contribution in [-0.2, 0) is 0 Å². The van der Waals surface area contributed by atoms with Crippen molar-refractivity contribution in [1.29, 1.82) is 0 Å². The van der Waals surface area contributed by atoms with Crippen LogP contribution in [0.25, 0.3) is 0 Å². The van der Waals surface area contributed by atoms with Gasteiger partial charge in [-0.2, -0.15) is 0 Å². The van der Waals surface area contributed by atoms with E-state index in [9.17, 15) is 0 Å². The maximum atomic E-state index is 6.58. The SMILES string of the molecule is CC1=CC(C)=C(N2CCN(C3=C(C)CC(C)C=C3C)C2C(Cl)(Cl)Cl)C(C)C1. The molecule has 27 heavy (non-hydrogen) atoms. The van der Waals surface area contributed by atoms with Crippen LogP contribution < -0.4 is 0 Å². The predicted molar refractivity (Wildman–Crippen MR) is 118 cm³/mol. The van der Waals surface area contributed by atoms with Crippen molar-refractivity contribution < 1.29 is 0 Å². The molecule has 0 saturated carbocycles. The van der Waals surface area contributed by atoms with Crippen LogP contribution in [-0.4, -0.2) is 32.8 Å². The van der Waals surface area contributed by atoms with Crippen molar-refractivity contribution in [1.82, 2.24) is 9.80 Å². The van der Waals surface area contributed by atoms with Crippen LogP contribution in [0.1, 0.15) is 54.4 Å². The summed E-state index contributed by atoms with van der Waals surface area (Å²) in [4.78, 5) is 4.68. The van der Waals surface area contributed by atoms with E-state index in [1.54, 1.807) is 0 Å². The minimum Gasteiger partial charge on any atom is -0.349 e. The number of hydrogen-bond acceptors (Lipinski definition) is 2. The molecule has 0 N–H and O–H groups in total. The van der Waals surface area contributed by atoms with Gasteiger partial charge in [0.05, 0.1) is 0 Å². The number of alkyl halides is 3. The molecule has 2 nitrogen and oxygen atoms in total. The first-order valence-electron chi connectivity index (χ1n) is 9.87. The Balaban J connectivity index is 2.04. The molecule has 0 amide bonds. The van der Waals surface area contributed by atoms with Crippen LogP contribution in [0.5, 0.6) is 0 Å². The quantitative estimate of drug-likeness (QED) is 0.444. The predicted octanol–water partition coefficient (Wildman–Crippen LogP) is 6.82. The molecule has 3 rings (SSSR count). The summed E-state index contributed by atoms with van der Waals surface area (Å²) in [5.41, 5.74) is 7.99. The molecular weight excluding hydrogens is 399 g/mol. The van der Waals surface area contributed by atoms with Gasteiger partial charge in [-0.1, -0.05) is 66.4 Å². The van der Waals surface area contributed by atoms with Gasteiger partial charge in [0.25, 0.3) is 0 Å². The lowest BCUT2D eigenvalue weighted by atomic mass is 9.88. The summed E-state index contributed by atoms with van der Waals surface area (Å²) in [6.45, 7) is 15.1. The van der Waals surface area contributed by atoms with Crippen LogP contribution in [0.4, 0.5) is 0 Å². The van der Waals surface area contributed by atoms with Crippen LogP contribution in [0.15, 0.2) is 45.8 Å². The van der Waals surface area contributed by atoms with Gasteiger partial charge in [0.2, 0.25) is 3.79 Å². The third-order valence-electron chi connectivity index (χ3n) is 5.96. The maximum Gasteiger partial charge on any atom is 0.228 e. The Hall–Kier alpha value is -0.570. The van der Waals surface area contributed by atoms with E-state index in [0.717, 1.165) is 25.9 Å². The molecular formula is C22H31Cl3N2. The monoisotopic (exact) mass is 428 g/mol. The summed E-state index contributed by atoms with van der Waals surface area (Å²) < 4.78 is -1.39. The Morgan fingerprint density at radius 1 is 0.963 bits per heavy atom. The number of hydrogen-bond donors (Lipinski definition) is 0. The van der Waals surface area contributed by atoms with E-state index in [4.69, 9.17) is 34.8 Å². The summed E-state index contributed by atoms with van der Waals surface area (Å²) >= 11 is 19.7. The molecule has 0 radical (unpaired) electrons. The van der Waals surface area contributed by atoms with Crippen molar-refractivity contribution in [2.75, 3.05) is 13.1 Å². The summed E-state index contributed by atoms with van der Waals surface area (Å²) in [6.07, 6.45) is 6.47. The van der Waals surface area contributed by atoms with Gasteiger partial charge in [0.15, 0.2) is 0 Å². The van der Waals surface area contributed by atoms with Crippen molar-refractivity contribution in [3.05, 3.63) is 45.8 Å². The second kappa shape index (κ2) is 7.69. The van der Waals surface area contributed by atoms with Crippen molar-refractivity contribution in [3.63, 3.8) is 0 Å². The molecule has 3 aliphatic rings. The normalized spacial score (nSPS) is 30.2. The summed E-state index contributed by atoms with van der Waals surface area (Å²) in [5.74, 6) is 0.998. The molecule has 2 aliphatic carbocycles. The van der Waals surface area contributed by atoms with Gasteiger partial charge in [-0.25, -0.2) is 0 Å². The standard InChI is InChI=1S/C22H31Cl3N2/c1-13-9-15(3)19(16(4)10-13)26-7-8-27(21(26)22(23,24)25)20-17(5)11-14(2)12-18(20)6/h9,11,13,18,21H,7-8,10,12H2,1-6H3. The molecule has 0 spiro atoms. The van der Waals surface area contributed by atoms with Gasteiger partial charge in [-0.15, -0.1) is 0 Å². The van der Waals surface area contributed by atoms with E-state index in [1.165, 1.54) is 33.7 Å². The molecule has 3 atom stereocenters. The zero-order valence-corrected chi connectivity index (χ0v) is 19.5. The highest BCUT2D eigenvalue weighted by Gasteiger charge is 2.48. The minimum atomic E-state index is -1.39. The lowest BCUT2D eigenvalue weighted by molar-refractivity contribution is 0.186. The Morgan fingerprint density at radius 3 is 2.15 bits per heavy atom. The topological polar surface area (TPSA) is 6.48 Å². The van der Waals surface area contributed by atoms with Crippen molar-refractivity contribution in [3.8, 4) is 0 Å². The molecule has 0 aromatic heterocycles. The third-order valence-corrected chi connectivity index (χ3v) is 6.55. The van der Waals surface area contributed by atoms with Gasteiger partial charge >= 0.3 is 0 Å². The molecule has 3 unspecified atom stereocenters. The fraction of sp³-hybridized carbons (Fsp3) is 0.636. The molecule has 5 heteroatoms. The average Bonchev–Trinajstić information content (AvgIpc) is 2.89. The largest absolute Gasteiger partial charge is 0.349 e. The lowest BCUT2D eigenvalue weighted by Crippen LogP contribution is -2.49. The minimum absolute atomic E-state index is 0.289. The molecule has 0 bridgehead atoms. The second-order valence-corrected chi connectivity index (χ2v) is 11.0. The van der Waals surface area contributed by atoms with E-state index >= 15 is 0 Å². The lowest BCUT2D eigenvalue weighted by Gasteiger charge is -2.43. The average molecular weight is 430 g/mol. The summed E-state index contributed by atoms with van der Waals surface area (Å²) in [5, 5.41) is 0. The molecule has 1 heterocycles. The van der Waals surface area contributed by atoms with Crippen molar-refractivity contribution >= 4 is 34.8 Å². The van der Waals surface area contributed by atoms with Gasteiger partial charge < -0.3 is 9.80 Å². The van der Waals surface area contributed by atoms with Crippen LogP contribution in [0.2, 0.25) is 0 Å². The Kier molecular flexibility index (Phi) is 6.02.